The van der Waals surface area contributed by atoms with Gasteiger partial charge in [-0.1, -0.05) is 11.6 Å². The molecule has 0 bridgehead atoms. The fourth-order valence-corrected chi connectivity index (χ4v) is 3.47. The van der Waals surface area contributed by atoms with Gasteiger partial charge in [0.25, 0.3) is 0 Å². The van der Waals surface area contributed by atoms with Gasteiger partial charge in [-0.3, -0.25) is 4.79 Å². The fraction of sp³-hybridized carbons (Fsp3) is 0.333. The van der Waals surface area contributed by atoms with Crippen molar-refractivity contribution in [3.63, 3.8) is 0 Å². The van der Waals surface area contributed by atoms with E-state index in [1.54, 1.807) is 36.2 Å². The maximum absolute atomic E-state index is 12.8. The van der Waals surface area contributed by atoms with E-state index in [1.807, 2.05) is 12.1 Å². The highest BCUT2D eigenvalue weighted by Crippen LogP contribution is 2.29. The third kappa shape index (κ3) is 3.66. The summed E-state index contributed by atoms with van der Waals surface area (Å²) < 4.78 is 6.94. The van der Waals surface area contributed by atoms with E-state index in [2.05, 4.69) is 25.5 Å². The van der Waals surface area contributed by atoms with Crippen LogP contribution >= 0.6 is 11.6 Å². The number of halogens is 1. The minimum Gasteiger partial charge on any atom is -0.495 e. The lowest BCUT2D eigenvalue weighted by Gasteiger charge is -2.32. The number of ether oxygens (including phenoxy) is 1. The maximum atomic E-state index is 12.8. The summed E-state index contributed by atoms with van der Waals surface area (Å²) in [5, 5.41) is 15.8. The molecule has 27 heavy (non-hydrogen) atoms. The summed E-state index contributed by atoms with van der Waals surface area (Å²) >= 11 is 6.05. The van der Waals surface area contributed by atoms with Crippen molar-refractivity contribution < 1.29 is 9.53 Å². The number of piperidine rings is 1. The average Bonchev–Trinajstić information content (AvgIpc) is 3.16. The Morgan fingerprint density at radius 3 is 3.07 bits per heavy atom. The van der Waals surface area contributed by atoms with Crippen molar-refractivity contribution >= 4 is 34.7 Å². The number of anilines is 2. The Morgan fingerprint density at radius 1 is 1.33 bits per heavy atom. The molecule has 0 aliphatic carbocycles. The van der Waals surface area contributed by atoms with Gasteiger partial charge in [0.1, 0.15) is 17.9 Å². The average molecular weight is 387 g/mol. The number of rotatable bonds is 4. The topological polar surface area (TPSA) is 84.6 Å². The Labute approximate surface area is 161 Å². The number of methoxy groups -OCH3 is 1. The van der Waals surface area contributed by atoms with Crippen molar-refractivity contribution in [2.45, 2.75) is 12.8 Å². The van der Waals surface area contributed by atoms with Crippen molar-refractivity contribution in [1.29, 1.82) is 0 Å². The van der Waals surface area contributed by atoms with Crippen LogP contribution in [0.25, 0.3) is 5.65 Å². The van der Waals surface area contributed by atoms with Crippen LogP contribution in [0.2, 0.25) is 5.02 Å². The van der Waals surface area contributed by atoms with Crippen LogP contribution in [0.4, 0.5) is 11.5 Å². The highest BCUT2D eigenvalue weighted by atomic mass is 35.5. The Kier molecular flexibility index (Phi) is 4.81. The first-order valence-corrected chi connectivity index (χ1v) is 9.08. The van der Waals surface area contributed by atoms with E-state index >= 15 is 0 Å². The van der Waals surface area contributed by atoms with Crippen LogP contribution in [0.5, 0.6) is 5.75 Å². The van der Waals surface area contributed by atoms with Gasteiger partial charge in [0.15, 0.2) is 5.65 Å². The largest absolute Gasteiger partial charge is 0.495 e. The van der Waals surface area contributed by atoms with Crippen molar-refractivity contribution in [3.8, 4) is 5.75 Å². The predicted molar refractivity (Wildman–Crippen MR) is 102 cm³/mol. The molecule has 1 saturated heterocycles. The van der Waals surface area contributed by atoms with Gasteiger partial charge < -0.3 is 15.0 Å². The van der Waals surface area contributed by atoms with Crippen LogP contribution in [0.3, 0.4) is 0 Å². The van der Waals surface area contributed by atoms with Crippen molar-refractivity contribution in [2.75, 3.05) is 30.4 Å². The van der Waals surface area contributed by atoms with Crippen LogP contribution in [0, 0.1) is 5.92 Å². The molecular formula is C18H19ClN6O2. The Hall–Kier alpha value is -2.87. The number of amides is 1. The molecule has 1 aliphatic heterocycles. The van der Waals surface area contributed by atoms with E-state index in [0.29, 0.717) is 28.7 Å². The van der Waals surface area contributed by atoms with E-state index in [9.17, 15) is 4.79 Å². The number of benzene rings is 1. The summed E-state index contributed by atoms with van der Waals surface area (Å²) in [4.78, 5) is 14.9. The lowest BCUT2D eigenvalue weighted by atomic mass is 9.97. The van der Waals surface area contributed by atoms with Gasteiger partial charge in [-0.25, -0.2) is 0 Å². The van der Waals surface area contributed by atoms with Crippen molar-refractivity contribution in [1.82, 2.24) is 19.8 Å². The van der Waals surface area contributed by atoms with Gasteiger partial charge in [-0.05, 0) is 43.2 Å². The monoisotopic (exact) mass is 386 g/mol. The van der Waals surface area contributed by atoms with Crippen LogP contribution in [-0.2, 0) is 4.79 Å². The van der Waals surface area contributed by atoms with Crippen LogP contribution in [0.1, 0.15) is 12.8 Å². The first kappa shape index (κ1) is 17.5. The van der Waals surface area contributed by atoms with Crippen LogP contribution in [0.15, 0.2) is 36.7 Å². The van der Waals surface area contributed by atoms with E-state index in [4.69, 9.17) is 16.3 Å². The molecule has 8 nitrogen and oxygen atoms in total. The summed E-state index contributed by atoms with van der Waals surface area (Å²) in [5.74, 6) is 1.19. The SMILES string of the molecule is COc1ccc(Cl)cc1NC(=O)C1CCCN(c2ccc3nncn3n2)C1. The van der Waals surface area contributed by atoms with E-state index in [-0.39, 0.29) is 11.8 Å². The molecule has 1 aliphatic rings. The summed E-state index contributed by atoms with van der Waals surface area (Å²) in [6, 6.07) is 8.94. The molecule has 1 amide bonds. The second-order valence-corrected chi connectivity index (χ2v) is 6.88. The Morgan fingerprint density at radius 2 is 2.22 bits per heavy atom. The molecule has 0 radical (unpaired) electrons. The molecule has 3 aromatic rings. The molecule has 4 rings (SSSR count). The number of aromatic nitrogens is 4. The zero-order valence-corrected chi connectivity index (χ0v) is 15.6. The summed E-state index contributed by atoms with van der Waals surface area (Å²) in [5.41, 5.74) is 1.27. The molecule has 9 heteroatoms. The normalized spacial score (nSPS) is 17.1. The number of nitrogens with zero attached hydrogens (tertiary/aromatic N) is 5. The van der Waals surface area contributed by atoms with Gasteiger partial charge in [-0.15, -0.1) is 15.3 Å². The first-order chi connectivity index (χ1) is 13.1. The second kappa shape index (κ2) is 7.40. The molecule has 140 valence electrons. The number of hydrogen-bond donors (Lipinski definition) is 1. The van der Waals surface area contributed by atoms with E-state index in [1.165, 1.54) is 0 Å². The summed E-state index contributed by atoms with van der Waals surface area (Å²) in [6.45, 7) is 1.44. The number of carbonyl (C=O) groups is 1. The number of nitrogens with one attached hydrogen (secondary N) is 1. The molecule has 0 saturated carbocycles. The lowest BCUT2D eigenvalue weighted by molar-refractivity contribution is -0.120. The minimum atomic E-state index is -0.152. The van der Waals surface area contributed by atoms with Crippen molar-refractivity contribution in [2.24, 2.45) is 5.92 Å². The van der Waals surface area contributed by atoms with E-state index < -0.39 is 0 Å². The fourth-order valence-electron chi connectivity index (χ4n) is 3.30. The maximum Gasteiger partial charge on any atom is 0.229 e. The first-order valence-electron chi connectivity index (χ1n) is 8.70. The lowest BCUT2D eigenvalue weighted by Crippen LogP contribution is -2.41. The number of hydrogen-bond acceptors (Lipinski definition) is 6. The molecule has 1 unspecified atom stereocenters. The Balaban J connectivity index is 1.49. The molecule has 0 spiro atoms. The predicted octanol–water partition coefficient (Wildman–Crippen LogP) is 2.64. The third-order valence-electron chi connectivity index (χ3n) is 4.68. The molecule has 1 fully saturated rings. The quantitative estimate of drug-likeness (QED) is 0.742. The Bertz CT molecular complexity index is 975. The molecule has 2 aromatic heterocycles. The number of fused-ring (bicyclic) bond motifs is 1. The molecule has 3 heterocycles. The molecule has 1 N–H and O–H groups in total. The van der Waals surface area contributed by atoms with E-state index in [0.717, 1.165) is 25.2 Å². The molecular weight excluding hydrogens is 368 g/mol. The highest BCUT2D eigenvalue weighted by molar-refractivity contribution is 6.31. The third-order valence-corrected chi connectivity index (χ3v) is 4.92. The second-order valence-electron chi connectivity index (χ2n) is 6.44. The smallest absolute Gasteiger partial charge is 0.229 e. The van der Waals surface area contributed by atoms with Gasteiger partial charge in [0.05, 0.1) is 18.7 Å². The van der Waals surface area contributed by atoms with Gasteiger partial charge in [0, 0.05) is 18.1 Å². The minimum absolute atomic E-state index is 0.0503. The van der Waals surface area contributed by atoms with Crippen LogP contribution in [-0.4, -0.2) is 45.9 Å². The molecule has 1 atom stereocenters. The number of carbonyl (C=O) groups excluding carboxylic acids is 1. The zero-order valence-electron chi connectivity index (χ0n) is 14.8. The van der Waals surface area contributed by atoms with Gasteiger partial charge >= 0.3 is 0 Å². The standard InChI is InChI=1S/C18H19ClN6O2/c1-27-15-5-4-13(19)9-14(15)21-18(26)12-3-2-8-24(10-12)17-7-6-16-22-20-11-25(16)23-17/h4-7,9,11-12H,2-3,8,10H2,1H3,(H,21,26). The van der Waals surface area contributed by atoms with Gasteiger partial charge in [0.2, 0.25) is 5.91 Å². The highest BCUT2D eigenvalue weighted by Gasteiger charge is 2.27. The summed E-state index contributed by atoms with van der Waals surface area (Å²) in [6.07, 6.45) is 3.30. The zero-order chi connectivity index (χ0) is 18.8. The molecule has 1 aromatic carbocycles. The van der Waals surface area contributed by atoms with Crippen LogP contribution < -0.4 is 15.0 Å². The van der Waals surface area contributed by atoms with Crippen molar-refractivity contribution in [3.05, 3.63) is 41.7 Å². The summed E-state index contributed by atoms with van der Waals surface area (Å²) in [7, 11) is 1.56. The van der Waals surface area contributed by atoms with Gasteiger partial charge in [-0.2, -0.15) is 4.52 Å².